The number of carbonyl (C=O) groups excluding carboxylic acids is 4. The van der Waals surface area contributed by atoms with Gasteiger partial charge in [0.2, 0.25) is 17.7 Å². The van der Waals surface area contributed by atoms with Crippen molar-refractivity contribution in [1.29, 1.82) is 5.26 Å². The molecule has 2 aromatic rings. The van der Waals surface area contributed by atoms with E-state index in [-0.39, 0.29) is 54.1 Å². The number of nitriles is 1. The lowest BCUT2D eigenvalue weighted by molar-refractivity contribution is -0.197. The maximum atomic E-state index is 14.2. The van der Waals surface area contributed by atoms with E-state index in [1.54, 1.807) is 23.6 Å². The Hall–Kier alpha value is -4.71. The van der Waals surface area contributed by atoms with Crippen LogP contribution in [0, 0.1) is 11.3 Å². The smallest absolute Gasteiger partial charge is 0.378 e. The van der Waals surface area contributed by atoms with Gasteiger partial charge in [0, 0.05) is 45.2 Å². The fourth-order valence-electron chi connectivity index (χ4n) is 8.29. The number of benzene rings is 1. The molecule has 1 unspecified atom stereocenters. The van der Waals surface area contributed by atoms with Gasteiger partial charge in [0.15, 0.2) is 5.11 Å². The number of anilines is 2. The maximum absolute atomic E-state index is 14.2. The molecule has 0 bridgehead atoms. The second-order valence-corrected chi connectivity index (χ2v) is 16.1. The van der Waals surface area contributed by atoms with E-state index in [2.05, 4.69) is 15.6 Å². The number of halogens is 6. The summed E-state index contributed by atoms with van der Waals surface area (Å²) in [6.07, 6.45) is -4.85. The Labute approximate surface area is 342 Å². The number of nitrogens with zero attached hydrogens (tertiary/aromatic N) is 6. The first-order valence-corrected chi connectivity index (χ1v) is 19.7. The molecule has 0 radical (unpaired) electrons. The first-order valence-electron chi connectivity index (χ1n) is 19.3. The predicted octanol–water partition coefficient (Wildman–Crippen LogP) is 5.11. The van der Waals surface area contributed by atoms with Crippen molar-refractivity contribution in [3.63, 3.8) is 0 Å². The molecule has 6 rings (SSSR count). The SMILES string of the molecule is CC1(C)C(=O)N(c2ccc(C#N)c(C(F)(F)F)c2)C(=S)N1C1CCC(OCCCN2CCN(CC(=O)Nc3ccc(C4CCC(=O)NC4=O)nc3)[C@@H](C(F)(F)F)C2)CC1. The van der Waals surface area contributed by atoms with E-state index in [1.807, 2.05) is 0 Å². The van der Waals surface area contributed by atoms with E-state index in [0.717, 1.165) is 21.9 Å². The summed E-state index contributed by atoms with van der Waals surface area (Å²) >= 11 is 5.68. The Balaban J connectivity index is 0.945. The third-order valence-corrected chi connectivity index (χ3v) is 11.7. The number of alkyl halides is 6. The second-order valence-electron chi connectivity index (χ2n) is 15.7. The van der Waals surface area contributed by atoms with Crippen molar-refractivity contribution in [3.8, 4) is 6.07 Å². The molecule has 13 nitrogen and oxygen atoms in total. The van der Waals surface area contributed by atoms with E-state index >= 15 is 0 Å². The van der Waals surface area contributed by atoms with Crippen LogP contribution in [-0.4, -0.2) is 118 Å². The molecular weight excluding hydrogens is 807 g/mol. The van der Waals surface area contributed by atoms with Gasteiger partial charge in [-0.1, -0.05) is 0 Å². The monoisotopic (exact) mass is 850 g/mol. The Bertz CT molecular complexity index is 1980. The van der Waals surface area contributed by atoms with Crippen molar-refractivity contribution in [2.24, 2.45) is 0 Å². The van der Waals surface area contributed by atoms with Gasteiger partial charge in [0.1, 0.15) is 11.6 Å². The van der Waals surface area contributed by atoms with E-state index in [4.69, 9.17) is 17.0 Å². The van der Waals surface area contributed by atoms with Crippen molar-refractivity contribution in [3.05, 3.63) is 53.3 Å². The number of piperidine rings is 1. The van der Waals surface area contributed by atoms with Crippen LogP contribution in [-0.2, 0) is 30.1 Å². The second kappa shape index (κ2) is 17.5. The summed E-state index contributed by atoms with van der Waals surface area (Å²) in [5, 5.41) is 14.1. The molecule has 4 amide bonds. The number of ether oxygens (including phenoxy) is 1. The molecule has 318 valence electrons. The van der Waals surface area contributed by atoms with Crippen LogP contribution in [0.3, 0.4) is 0 Å². The highest BCUT2D eigenvalue weighted by atomic mass is 32.1. The number of rotatable bonds is 11. The molecule has 59 heavy (non-hydrogen) atoms. The van der Waals surface area contributed by atoms with Crippen molar-refractivity contribution in [1.82, 2.24) is 25.0 Å². The highest BCUT2D eigenvalue weighted by molar-refractivity contribution is 7.80. The molecule has 0 spiro atoms. The first kappa shape index (κ1) is 43.9. The number of thiocarbonyl (C=S) groups is 1. The molecule has 3 aliphatic heterocycles. The van der Waals surface area contributed by atoms with Gasteiger partial charge in [-0.25, -0.2) is 0 Å². The molecule has 1 aliphatic carbocycles. The van der Waals surface area contributed by atoms with Crippen LogP contribution in [0.4, 0.5) is 37.7 Å². The molecule has 20 heteroatoms. The van der Waals surface area contributed by atoms with Crippen LogP contribution in [0.5, 0.6) is 0 Å². The van der Waals surface area contributed by atoms with Gasteiger partial charge in [0.25, 0.3) is 5.91 Å². The molecule has 2 atom stereocenters. The molecular formula is C39H44F6N8O5S. The normalized spacial score (nSPS) is 24.6. The largest absolute Gasteiger partial charge is 0.417 e. The first-order chi connectivity index (χ1) is 27.8. The average molecular weight is 851 g/mol. The van der Waals surface area contributed by atoms with Crippen LogP contribution < -0.4 is 15.5 Å². The zero-order valence-corrected chi connectivity index (χ0v) is 33.2. The summed E-state index contributed by atoms with van der Waals surface area (Å²) in [5.74, 6) is -2.56. The molecule has 3 saturated heterocycles. The van der Waals surface area contributed by atoms with Gasteiger partial charge in [-0.05, 0) is 94.9 Å². The zero-order valence-electron chi connectivity index (χ0n) is 32.4. The number of nitrogens with one attached hydrogen (secondary N) is 2. The predicted molar refractivity (Wildman–Crippen MR) is 205 cm³/mol. The van der Waals surface area contributed by atoms with E-state index in [9.17, 15) is 50.8 Å². The molecule has 4 fully saturated rings. The number of hydrogen-bond acceptors (Lipinski definition) is 10. The Morgan fingerprint density at radius 2 is 1.78 bits per heavy atom. The number of hydrogen-bond donors (Lipinski definition) is 2. The van der Waals surface area contributed by atoms with Gasteiger partial charge < -0.3 is 19.9 Å². The maximum Gasteiger partial charge on any atom is 0.417 e. The number of amides is 4. The van der Waals surface area contributed by atoms with E-state index in [0.29, 0.717) is 63.9 Å². The third kappa shape index (κ3) is 9.85. The van der Waals surface area contributed by atoms with Gasteiger partial charge in [-0.2, -0.15) is 31.6 Å². The summed E-state index contributed by atoms with van der Waals surface area (Å²) < 4.78 is 89.8. The van der Waals surface area contributed by atoms with Crippen molar-refractivity contribution in [2.75, 3.05) is 49.5 Å². The lowest BCUT2D eigenvalue weighted by Gasteiger charge is -2.42. The van der Waals surface area contributed by atoms with Gasteiger partial charge >= 0.3 is 12.4 Å². The standard InChI is InChI=1S/C39H44F6N8O5S/c1-37(2)35(57)52(26-6-4-23(19-46)29(18-26)38(40,41)42)36(59)53(37)25-7-9-27(10-8-25)58-17-3-14-50-15-16-51(31(21-50)39(43,44)45)22-33(55)48-24-5-12-30(47-20-24)28-11-13-32(54)49-34(28)56/h4-6,12,18,20,25,27-28,31H,3,7-11,13-17,21-22H2,1-2H3,(H,48,55)(H,49,54,56)/t25?,27?,28?,31-/m1/s1. The summed E-state index contributed by atoms with van der Waals surface area (Å²) in [6.45, 7) is 3.53. The highest BCUT2D eigenvalue weighted by Gasteiger charge is 2.53. The minimum absolute atomic E-state index is 0.0124. The minimum Gasteiger partial charge on any atom is -0.378 e. The minimum atomic E-state index is -4.81. The quantitative estimate of drug-likeness (QED) is 0.134. The molecule has 2 N–H and O–H groups in total. The Morgan fingerprint density at radius 3 is 2.41 bits per heavy atom. The lowest BCUT2D eigenvalue weighted by Crippen LogP contribution is -2.60. The van der Waals surface area contributed by atoms with Gasteiger partial charge in [0.05, 0.1) is 59.0 Å². The average Bonchev–Trinajstić information content (AvgIpc) is 3.35. The summed E-state index contributed by atoms with van der Waals surface area (Å²) in [4.78, 5) is 59.8. The van der Waals surface area contributed by atoms with Gasteiger partial charge in [-0.3, -0.25) is 39.3 Å². The summed E-state index contributed by atoms with van der Waals surface area (Å²) in [6, 6.07) is 5.60. The van der Waals surface area contributed by atoms with E-state index in [1.165, 1.54) is 30.5 Å². The third-order valence-electron chi connectivity index (χ3n) is 11.4. The fourth-order valence-corrected chi connectivity index (χ4v) is 8.85. The van der Waals surface area contributed by atoms with Crippen molar-refractivity contribution < 1.29 is 50.3 Å². The molecule has 1 saturated carbocycles. The lowest BCUT2D eigenvalue weighted by atomic mass is 9.89. The summed E-state index contributed by atoms with van der Waals surface area (Å²) in [7, 11) is 0. The number of imide groups is 1. The van der Waals surface area contributed by atoms with Crippen LogP contribution in [0.2, 0.25) is 0 Å². The molecule has 4 aliphatic rings. The fraction of sp³-hybridized carbons (Fsp3) is 0.564. The van der Waals surface area contributed by atoms with Gasteiger partial charge in [-0.15, -0.1) is 0 Å². The van der Waals surface area contributed by atoms with Crippen molar-refractivity contribution >= 4 is 52.3 Å². The Morgan fingerprint density at radius 1 is 1.05 bits per heavy atom. The number of pyridine rings is 1. The zero-order chi connectivity index (χ0) is 42.9. The van der Waals surface area contributed by atoms with Crippen LogP contribution in [0.25, 0.3) is 0 Å². The summed E-state index contributed by atoms with van der Waals surface area (Å²) in [5.41, 5.74) is -2.26. The molecule has 1 aromatic carbocycles. The molecule has 1 aromatic heterocycles. The van der Waals surface area contributed by atoms with Crippen LogP contribution >= 0.6 is 12.2 Å². The van der Waals surface area contributed by atoms with E-state index < -0.39 is 65.2 Å². The molecule has 4 heterocycles. The number of piperazine rings is 1. The van der Waals surface area contributed by atoms with Crippen molar-refractivity contribution in [2.45, 2.75) is 101 Å². The number of aromatic nitrogens is 1. The number of carbonyl (C=O) groups is 4. The highest BCUT2D eigenvalue weighted by Crippen LogP contribution is 2.41. The van der Waals surface area contributed by atoms with Crippen LogP contribution in [0.15, 0.2) is 36.5 Å². The Kier molecular flexibility index (Phi) is 13.0. The topological polar surface area (TPSA) is 151 Å². The van der Waals surface area contributed by atoms with Crippen LogP contribution in [0.1, 0.15) is 81.5 Å².